The minimum absolute atomic E-state index is 0.514. The predicted molar refractivity (Wildman–Crippen MR) is 67.0 cm³/mol. The zero-order chi connectivity index (χ0) is 12.5. The van der Waals surface area contributed by atoms with E-state index in [0.29, 0.717) is 19.8 Å². The lowest BCUT2D eigenvalue weighted by Gasteiger charge is -2.01. The first kappa shape index (κ1) is 14.2. The van der Waals surface area contributed by atoms with E-state index in [1.54, 1.807) is 0 Å². The molecule has 4 heteroatoms. The third-order valence-corrected chi connectivity index (χ3v) is 2.46. The van der Waals surface area contributed by atoms with Crippen LogP contribution in [-0.2, 0) is 22.6 Å². The Morgan fingerprint density at radius 3 is 2.71 bits per heavy atom. The molecule has 0 atom stereocenters. The number of furan rings is 1. The molecule has 1 heterocycles. The molecule has 0 fully saturated rings. The average molecular weight is 241 g/mol. The van der Waals surface area contributed by atoms with Gasteiger partial charge in [0.15, 0.2) is 0 Å². The summed E-state index contributed by atoms with van der Waals surface area (Å²) in [7, 11) is 0. The molecule has 0 aliphatic heterocycles. The number of aryl methyl sites for hydroxylation is 1. The number of ether oxygens (including phenoxy) is 2. The molecule has 98 valence electrons. The number of hydrogen-bond donors (Lipinski definition) is 1. The van der Waals surface area contributed by atoms with E-state index in [4.69, 9.17) is 13.9 Å². The first-order valence-electron chi connectivity index (χ1n) is 6.22. The molecule has 0 spiro atoms. The van der Waals surface area contributed by atoms with Crippen molar-refractivity contribution in [1.29, 1.82) is 0 Å². The van der Waals surface area contributed by atoms with Gasteiger partial charge < -0.3 is 19.2 Å². The van der Waals surface area contributed by atoms with Crippen molar-refractivity contribution < 1.29 is 13.9 Å². The van der Waals surface area contributed by atoms with E-state index in [0.717, 1.165) is 31.2 Å². The van der Waals surface area contributed by atoms with Crippen molar-refractivity contribution >= 4 is 0 Å². The van der Waals surface area contributed by atoms with E-state index >= 15 is 0 Å². The fourth-order valence-electron chi connectivity index (χ4n) is 1.53. The van der Waals surface area contributed by atoms with Crippen molar-refractivity contribution in [2.24, 2.45) is 0 Å². The van der Waals surface area contributed by atoms with Gasteiger partial charge in [-0.05, 0) is 26.5 Å². The molecule has 17 heavy (non-hydrogen) atoms. The number of nitrogens with one attached hydrogen (secondary N) is 1. The number of hydrogen-bond acceptors (Lipinski definition) is 4. The Morgan fingerprint density at radius 1 is 1.24 bits per heavy atom. The van der Waals surface area contributed by atoms with Gasteiger partial charge in [0.1, 0.15) is 18.1 Å². The Balaban J connectivity index is 2.28. The van der Waals surface area contributed by atoms with Crippen LogP contribution >= 0.6 is 0 Å². The Hall–Kier alpha value is -0.840. The van der Waals surface area contributed by atoms with Gasteiger partial charge in [0, 0.05) is 18.7 Å². The highest BCUT2D eigenvalue weighted by molar-refractivity contribution is 5.20. The largest absolute Gasteiger partial charge is 0.464 e. The third kappa shape index (κ3) is 5.35. The van der Waals surface area contributed by atoms with Crippen LogP contribution in [0.4, 0.5) is 0 Å². The topological polar surface area (TPSA) is 43.6 Å². The summed E-state index contributed by atoms with van der Waals surface area (Å²) in [5, 5.41) is 3.28. The lowest BCUT2D eigenvalue weighted by atomic mass is 10.2. The lowest BCUT2D eigenvalue weighted by Crippen LogP contribution is -2.11. The van der Waals surface area contributed by atoms with E-state index in [2.05, 4.69) is 18.3 Å². The molecule has 0 aromatic carbocycles. The SMILES string of the molecule is CCNCc1cc(COCCOCC)oc1C. The fraction of sp³-hybridized carbons (Fsp3) is 0.692. The van der Waals surface area contributed by atoms with Crippen molar-refractivity contribution in [2.45, 2.75) is 33.9 Å². The summed E-state index contributed by atoms with van der Waals surface area (Å²) >= 11 is 0. The molecule has 0 amide bonds. The summed E-state index contributed by atoms with van der Waals surface area (Å²) < 4.78 is 16.3. The van der Waals surface area contributed by atoms with Crippen molar-refractivity contribution in [3.05, 3.63) is 23.2 Å². The van der Waals surface area contributed by atoms with Gasteiger partial charge in [0.25, 0.3) is 0 Å². The van der Waals surface area contributed by atoms with Crippen LogP contribution in [0.3, 0.4) is 0 Å². The van der Waals surface area contributed by atoms with E-state index in [-0.39, 0.29) is 0 Å². The summed E-state index contributed by atoms with van der Waals surface area (Å²) in [6.07, 6.45) is 0. The van der Waals surface area contributed by atoms with Gasteiger partial charge in [0.2, 0.25) is 0 Å². The van der Waals surface area contributed by atoms with Crippen molar-refractivity contribution in [3.8, 4) is 0 Å². The summed E-state index contributed by atoms with van der Waals surface area (Å²) in [5.41, 5.74) is 1.20. The summed E-state index contributed by atoms with van der Waals surface area (Å²) in [6.45, 7) is 10.4. The van der Waals surface area contributed by atoms with Gasteiger partial charge in [-0.1, -0.05) is 6.92 Å². The van der Waals surface area contributed by atoms with Gasteiger partial charge in [-0.25, -0.2) is 0 Å². The molecule has 4 nitrogen and oxygen atoms in total. The van der Waals surface area contributed by atoms with Gasteiger partial charge in [-0.2, -0.15) is 0 Å². The van der Waals surface area contributed by atoms with Crippen LogP contribution < -0.4 is 5.32 Å². The first-order valence-corrected chi connectivity index (χ1v) is 6.22. The number of rotatable bonds is 9. The van der Waals surface area contributed by atoms with E-state index in [9.17, 15) is 0 Å². The second-order valence-corrected chi connectivity index (χ2v) is 3.82. The molecule has 0 radical (unpaired) electrons. The zero-order valence-corrected chi connectivity index (χ0v) is 11.0. The summed E-state index contributed by atoms with van der Waals surface area (Å²) in [5.74, 6) is 1.85. The summed E-state index contributed by atoms with van der Waals surface area (Å²) in [6, 6.07) is 2.05. The van der Waals surface area contributed by atoms with E-state index in [1.807, 2.05) is 13.8 Å². The van der Waals surface area contributed by atoms with Crippen LogP contribution in [0.15, 0.2) is 10.5 Å². The molecule has 0 aliphatic rings. The maximum atomic E-state index is 5.61. The van der Waals surface area contributed by atoms with Gasteiger partial charge >= 0.3 is 0 Å². The second kappa shape index (κ2) is 8.28. The fourth-order valence-corrected chi connectivity index (χ4v) is 1.53. The molecule has 0 saturated heterocycles. The molecule has 1 aromatic rings. The molecule has 0 bridgehead atoms. The minimum atomic E-state index is 0.514. The minimum Gasteiger partial charge on any atom is -0.464 e. The molecule has 1 N–H and O–H groups in total. The van der Waals surface area contributed by atoms with Crippen molar-refractivity contribution in [3.63, 3.8) is 0 Å². The van der Waals surface area contributed by atoms with Crippen LogP contribution in [0.2, 0.25) is 0 Å². The Kier molecular flexibility index (Phi) is 6.93. The van der Waals surface area contributed by atoms with Crippen LogP contribution in [-0.4, -0.2) is 26.4 Å². The standard InChI is InChI=1S/C13H23NO3/c1-4-14-9-12-8-13(17-11(12)3)10-16-7-6-15-5-2/h8,14H,4-7,9-10H2,1-3H3. The molecular formula is C13H23NO3. The summed E-state index contributed by atoms with van der Waals surface area (Å²) in [4.78, 5) is 0. The second-order valence-electron chi connectivity index (χ2n) is 3.82. The smallest absolute Gasteiger partial charge is 0.130 e. The average Bonchev–Trinajstić information content (AvgIpc) is 2.67. The van der Waals surface area contributed by atoms with Crippen LogP contribution in [0.1, 0.15) is 30.9 Å². The lowest BCUT2D eigenvalue weighted by molar-refractivity contribution is 0.0388. The van der Waals surface area contributed by atoms with Crippen molar-refractivity contribution in [1.82, 2.24) is 5.32 Å². The molecule has 0 saturated carbocycles. The molecule has 1 rings (SSSR count). The quantitative estimate of drug-likeness (QED) is 0.673. The maximum Gasteiger partial charge on any atom is 0.130 e. The predicted octanol–water partition coefficient (Wildman–Crippen LogP) is 2.25. The van der Waals surface area contributed by atoms with Crippen LogP contribution in [0.25, 0.3) is 0 Å². The highest BCUT2D eigenvalue weighted by atomic mass is 16.5. The van der Waals surface area contributed by atoms with Crippen molar-refractivity contribution in [2.75, 3.05) is 26.4 Å². The Labute approximate surface area is 103 Å². The van der Waals surface area contributed by atoms with Gasteiger partial charge in [-0.15, -0.1) is 0 Å². The third-order valence-electron chi connectivity index (χ3n) is 2.46. The van der Waals surface area contributed by atoms with Crippen LogP contribution in [0.5, 0.6) is 0 Å². The van der Waals surface area contributed by atoms with E-state index < -0.39 is 0 Å². The van der Waals surface area contributed by atoms with Gasteiger partial charge in [0.05, 0.1) is 13.2 Å². The van der Waals surface area contributed by atoms with Gasteiger partial charge in [-0.3, -0.25) is 0 Å². The van der Waals surface area contributed by atoms with E-state index in [1.165, 1.54) is 5.56 Å². The molecule has 0 aliphatic carbocycles. The monoisotopic (exact) mass is 241 g/mol. The zero-order valence-electron chi connectivity index (χ0n) is 11.0. The van der Waals surface area contributed by atoms with Crippen LogP contribution in [0, 0.1) is 6.92 Å². The molecule has 1 aromatic heterocycles. The highest BCUT2D eigenvalue weighted by Gasteiger charge is 2.06. The Bertz CT molecular complexity index is 310. The Morgan fingerprint density at radius 2 is 2.00 bits per heavy atom. The normalized spacial score (nSPS) is 11.0. The maximum absolute atomic E-state index is 5.61. The first-order chi connectivity index (χ1) is 8.27. The molecule has 0 unspecified atom stereocenters. The highest BCUT2D eigenvalue weighted by Crippen LogP contribution is 2.15. The molecular weight excluding hydrogens is 218 g/mol.